The Kier molecular flexibility index (Phi) is 2.66. The van der Waals surface area contributed by atoms with Gasteiger partial charge in [-0.05, 0) is 30.7 Å². The van der Waals surface area contributed by atoms with Crippen molar-refractivity contribution in [2.45, 2.75) is 0 Å². The summed E-state index contributed by atoms with van der Waals surface area (Å²) in [7, 11) is 0. The van der Waals surface area contributed by atoms with Gasteiger partial charge in [0.2, 0.25) is 0 Å². The fourth-order valence-electron chi connectivity index (χ4n) is 0.740. The zero-order chi connectivity index (χ0) is 8.27. The summed E-state index contributed by atoms with van der Waals surface area (Å²) in [6, 6.07) is 6.04. The van der Waals surface area contributed by atoms with Gasteiger partial charge in [0, 0.05) is 5.03 Å². The standard InChI is InChI=1S/C9H7ClF/c1-7(10)6-8-2-4-9(11)5-3-8/h2-6H,1H2/b7-6+. The second-order valence-corrected chi connectivity index (χ2v) is 2.63. The van der Waals surface area contributed by atoms with E-state index in [1.54, 1.807) is 18.2 Å². The summed E-state index contributed by atoms with van der Waals surface area (Å²) in [5.41, 5.74) is 0.853. The molecule has 0 saturated carbocycles. The van der Waals surface area contributed by atoms with Crippen LogP contribution in [0.2, 0.25) is 0 Å². The second-order valence-electron chi connectivity index (χ2n) is 2.14. The first kappa shape index (κ1) is 8.28. The van der Waals surface area contributed by atoms with Crippen molar-refractivity contribution in [3.05, 3.63) is 47.6 Å². The molecular weight excluding hydrogens is 163 g/mol. The topological polar surface area (TPSA) is 0 Å². The van der Waals surface area contributed by atoms with Crippen LogP contribution in [-0.4, -0.2) is 0 Å². The largest absolute Gasteiger partial charge is 0.207 e. The molecule has 0 bridgehead atoms. The minimum Gasteiger partial charge on any atom is -0.207 e. The molecule has 1 aromatic carbocycles. The van der Waals surface area contributed by atoms with Crippen LogP contribution in [0.15, 0.2) is 29.3 Å². The fraction of sp³-hybridized carbons (Fsp3) is 0. The minimum atomic E-state index is -0.248. The fourth-order valence-corrected chi connectivity index (χ4v) is 0.866. The minimum absolute atomic E-state index is 0.248. The van der Waals surface area contributed by atoms with E-state index in [1.807, 2.05) is 0 Å². The number of rotatable bonds is 1. The van der Waals surface area contributed by atoms with E-state index in [4.69, 9.17) is 11.6 Å². The summed E-state index contributed by atoms with van der Waals surface area (Å²) in [6.45, 7) is 3.49. The average molecular weight is 170 g/mol. The molecule has 0 amide bonds. The van der Waals surface area contributed by atoms with E-state index in [2.05, 4.69) is 6.92 Å². The van der Waals surface area contributed by atoms with E-state index in [-0.39, 0.29) is 5.82 Å². The Morgan fingerprint density at radius 2 is 1.91 bits per heavy atom. The maximum Gasteiger partial charge on any atom is 0.123 e. The van der Waals surface area contributed by atoms with Crippen LogP contribution in [0.4, 0.5) is 4.39 Å². The highest BCUT2D eigenvalue weighted by Gasteiger charge is 1.89. The molecule has 0 nitrogen and oxygen atoms in total. The summed E-state index contributed by atoms with van der Waals surface area (Å²) in [5.74, 6) is -0.248. The average Bonchev–Trinajstić information content (AvgIpc) is 1.93. The quantitative estimate of drug-likeness (QED) is 0.606. The highest BCUT2D eigenvalue weighted by Crippen LogP contribution is 2.09. The van der Waals surface area contributed by atoms with Gasteiger partial charge in [-0.1, -0.05) is 23.7 Å². The maximum atomic E-state index is 12.4. The smallest absolute Gasteiger partial charge is 0.123 e. The van der Waals surface area contributed by atoms with E-state index >= 15 is 0 Å². The van der Waals surface area contributed by atoms with Gasteiger partial charge < -0.3 is 0 Å². The van der Waals surface area contributed by atoms with Crippen molar-refractivity contribution in [3.8, 4) is 0 Å². The molecule has 0 unspecified atom stereocenters. The van der Waals surface area contributed by atoms with Crippen LogP contribution in [0, 0.1) is 12.7 Å². The maximum absolute atomic E-state index is 12.4. The monoisotopic (exact) mass is 169 g/mol. The summed E-state index contributed by atoms with van der Waals surface area (Å²) in [4.78, 5) is 0. The van der Waals surface area contributed by atoms with Crippen LogP contribution in [0.3, 0.4) is 0 Å². The van der Waals surface area contributed by atoms with Gasteiger partial charge in [-0.2, -0.15) is 0 Å². The van der Waals surface area contributed by atoms with Crippen molar-refractivity contribution >= 4 is 17.7 Å². The number of hydrogen-bond acceptors (Lipinski definition) is 0. The Labute approximate surface area is 70.3 Å². The van der Waals surface area contributed by atoms with Gasteiger partial charge in [-0.3, -0.25) is 0 Å². The van der Waals surface area contributed by atoms with E-state index in [9.17, 15) is 4.39 Å². The molecule has 0 aliphatic carbocycles. The third kappa shape index (κ3) is 2.72. The van der Waals surface area contributed by atoms with Crippen molar-refractivity contribution in [2.75, 3.05) is 0 Å². The van der Waals surface area contributed by atoms with Crippen molar-refractivity contribution in [1.82, 2.24) is 0 Å². The lowest BCUT2D eigenvalue weighted by atomic mass is 10.2. The molecule has 0 fully saturated rings. The van der Waals surface area contributed by atoms with Crippen LogP contribution in [0.5, 0.6) is 0 Å². The normalized spacial score (nSPS) is 11.7. The van der Waals surface area contributed by atoms with Crippen molar-refractivity contribution in [2.24, 2.45) is 0 Å². The van der Waals surface area contributed by atoms with Crippen molar-refractivity contribution in [3.63, 3.8) is 0 Å². The summed E-state index contributed by atoms with van der Waals surface area (Å²) >= 11 is 5.51. The molecule has 0 heterocycles. The molecule has 0 saturated heterocycles. The third-order valence-electron chi connectivity index (χ3n) is 1.19. The Hall–Kier alpha value is -0.820. The first-order valence-electron chi connectivity index (χ1n) is 3.13. The van der Waals surface area contributed by atoms with Crippen LogP contribution in [-0.2, 0) is 0 Å². The van der Waals surface area contributed by atoms with E-state index < -0.39 is 0 Å². The Morgan fingerprint density at radius 3 is 2.36 bits per heavy atom. The highest BCUT2D eigenvalue weighted by atomic mass is 35.5. The first-order valence-corrected chi connectivity index (χ1v) is 3.51. The van der Waals surface area contributed by atoms with Gasteiger partial charge in [0.05, 0.1) is 0 Å². The molecule has 57 valence electrons. The van der Waals surface area contributed by atoms with Gasteiger partial charge in [0.25, 0.3) is 0 Å². The molecule has 0 aliphatic heterocycles. The zero-order valence-electron chi connectivity index (χ0n) is 5.85. The van der Waals surface area contributed by atoms with Crippen LogP contribution in [0.25, 0.3) is 6.08 Å². The van der Waals surface area contributed by atoms with Crippen molar-refractivity contribution in [1.29, 1.82) is 0 Å². The zero-order valence-corrected chi connectivity index (χ0v) is 6.61. The Balaban J connectivity index is 2.91. The van der Waals surface area contributed by atoms with Crippen molar-refractivity contribution < 1.29 is 4.39 Å². The number of allylic oxidation sites excluding steroid dienone is 1. The molecule has 0 N–H and O–H groups in total. The number of halogens is 2. The summed E-state index contributed by atoms with van der Waals surface area (Å²) in [5, 5.41) is 0.441. The van der Waals surface area contributed by atoms with Gasteiger partial charge in [0.1, 0.15) is 5.82 Å². The molecule has 1 aromatic rings. The molecule has 0 atom stereocenters. The number of hydrogen-bond donors (Lipinski definition) is 0. The predicted molar refractivity (Wildman–Crippen MR) is 45.6 cm³/mol. The van der Waals surface area contributed by atoms with Gasteiger partial charge in [-0.25, -0.2) is 4.39 Å². The molecule has 1 radical (unpaired) electrons. The van der Waals surface area contributed by atoms with Crippen LogP contribution < -0.4 is 0 Å². The SMILES string of the molecule is [CH2]/C(Cl)=C\c1ccc(F)cc1. The molecule has 0 spiro atoms. The molecular formula is C9H7ClF. The Bertz CT molecular complexity index is 257. The molecule has 1 rings (SSSR count). The second kappa shape index (κ2) is 3.54. The first-order chi connectivity index (χ1) is 5.18. The highest BCUT2D eigenvalue weighted by molar-refractivity contribution is 6.32. The van der Waals surface area contributed by atoms with Crippen LogP contribution >= 0.6 is 11.6 Å². The van der Waals surface area contributed by atoms with E-state index in [0.717, 1.165) is 5.56 Å². The lowest BCUT2D eigenvalue weighted by molar-refractivity contribution is 0.628. The lowest BCUT2D eigenvalue weighted by Gasteiger charge is -1.92. The molecule has 0 aliphatic rings. The third-order valence-corrected chi connectivity index (χ3v) is 1.30. The molecule has 0 aromatic heterocycles. The Morgan fingerprint density at radius 1 is 1.36 bits per heavy atom. The molecule has 11 heavy (non-hydrogen) atoms. The lowest BCUT2D eigenvalue weighted by Crippen LogP contribution is -1.74. The van der Waals surface area contributed by atoms with E-state index in [0.29, 0.717) is 5.03 Å². The summed E-state index contributed by atoms with van der Waals surface area (Å²) < 4.78 is 12.4. The van der Waals surface area contributed by atoms with Crippen LogP contribution in [0.1, 0.15) is 5.56 Å². The molecule has 2 heteroatoms. The van der Waals surface area contributed by atoms with Gasteiger partial charge in [0.15, 0.2) is 0 Å². The van der Waals surface area contributed by atoms with Gasteiger partial charge in [-0.15, -0.1) is 0 Å². The summed E-state index contributed by atoms with van der Waals surface area (Å²) in [6.07, 6.45) is 1.67. The number of benzene rings is 1. The predicted octanol–water partition coefficient (Wildman–Crippen LogP) is 3.24. The van der Waals surface area contributed by atoms with E-state index in [1.165, 1.54) is 12.1 Å². The van der Waals surface area contributed by atoms with Gasteiger partial charge >= 0.3 is 0 Å².